The van der Waals surface area contributed by atoms with Gasteiger partial charge in [0, 0.05) is 12.1 Å². The second kappa shape index (κ2) is 8.41. The smallest absolute Gasteiger partial charge is 0.294 e. The van der Waals surface area contributed by atoms with E-state index in [1.165, 1.54) is 12.1 Å². The van der Waals surface area contributed by atoms with Crippen molar-refractivity contribution in [1.82, 2.24) is 4.90 Å². The van der Waals surface area contributed by atoms with Crippen molar-refractivity contribution in [2.75, 3.05) is 6.54 Å². The number of nitrogens with zero attached hydrogens (tertiary/aromatic N) is 2. The Morgan fingerprint density at radius 1 is 1.14 bits per heavy atom. The largest absolute Gasteiger partial charge is 0.489 e. The zero-order chi connectivity index (χ0) is 20.1. The summed E-state index contributed by atoms with van der Waals surface area (Å²) < 4.78 is 5.66. The first kappa shape index (κ1) is 19.2. The monoisotopic (exact) mass is 394 g/mol. The summed E-state index contributed by atoms with van der Waals surface area (Å²) >= 11 is 0.855. The maximum Gasteiger partial charge on any atom is 0.294 e. The zero-order valence-electron chi connectivity index (χ0n) is 14.5. The molecule has 0 radical (unpaired) electrons. The Balaban J connectivity index is 1.62. The highest BCUT2D eigenvalue weighted by molar-refractivity contribution is 8.18. The lowest BCUT2D eigenvalue weighted by Crippen LogP contribution is -2.28. The van der Waals surface area contributed by atoms with E-state index in [0.29, 0.717) is 10.7 Å². The standard InChI is InChI=1S/C20H14N2O5S/c1-2-11-21-19(23)18(28-20(21)24)12-14-5-9-17(10-6-14)27-13-15-3-7-16(8-4-15)22(25)26/h1,3-10,12H,11,13H2/b18-12+. The molecule has 1 heterocycles. The predicted molar refractivity (Wildman–Crippen MR) is 105 cm³/mol. The van der Waals surface area contributed by atoms with Crippen LogP contribution in [0.25, 0.3) is 6.08 Å². The van der Waals surface area contributed by atoms with Crippen LogP contribution < -0.4 is 4.74 Å². The highest BCUT2D eigenvalue weighted by atomic mass is 32.2. The first-order valence-electron chi connectivity index (χ1n) is 8.13. The number of ether oxygens (including phenoxy) is 1. The summed E-state index contributed by atoms with van der Waals surface area (Å²) in [5.74, 6) is 2.50. The third kappa shape index (κ3) is 4.39. The Hall–Kier alpha value is -3.57. The highest BCUT2D eigenvalue weighted by Crippen LogP contribution is 2.32. The Kier molecular flexibility index (Phi) is 5.77. The molecular formula is C20H14N2O5S. The molecule has 3 rings (SSSR count). The Morgan fingerprint density at radius 3 is 2.43 bits per heavy atom. The van der Waals surface area contributed by atoms with Crippen molar-refractivity contribution in [1.29, 1.82) is 0 Å². The van der Waals surface area contributed by atoms with Crippen molar-refractivity contribution in [3.8, 4) is 18.1 Å². The molecule has 1 aliphatic rings. The van der Waals surface area contributed by atoms with E-state index in [2.05, 4.69) is 5.92 Å². The summed E-state index contributed by atoms with van der Waals surface area (Å²) in [5, 5.41) is 10.3. The molecule has 0 aliphatic carbocycles. The minimum absolute atomic E-state index is 0.0276. The SMILES string of the molecule is C#CCN1C(=O)S/C(=C/c2ccc(OCc3ccc([N+](=O)[O-])cc3)cc2)C1=O. The van der Waals surface area contributed by atoms with Gasteiger partial charge in [0.25, 0.3) is 16.8 Å². The summed E-state index contributed by atoms with van der Waals surface area (Å²) in [7, 11) is 0. The molecule has 8 heteroatoms. The lowest BCUT2D eigenvalue weighted by Gasteiger charge is -2.07. The van der Waals surface area contributed by atoms with Gasteiger partial charge in [0.05, 0.1) is 16.4 Å². The quantitative estimate of drug-likeness (QED) is 0.320. The molecule has 0 atom stereocenters. The maximum absolute atomic E-state index is 12.2. The summed E-state index contributed by atoms with van der Waals surface area (Å²) in [6.07, 6.45) is 6.80. The van der Waals surface area contributed by atoms with Gasteiger partial charge < -0.3 is 4.74 Å². The number of nitro groups is 1. The minimum atomic E-state index is -0.454. The second-order valence-corrected chi connectivity index (χ2v) is 6.75. The second-order valence-electron chi connectivity index (χ2n) is 5.75. The fourth-order valence-electron chi connectivity index (χ4n) is 2.42. The fourth-order valence-corrected chi connectivity index (χ4v) is 3.26. The lowest BCUT2D eigenvalue weighted by molar-refractivity contribution is -0.384. The normalized spacial score (nSPS) is 15.0. The van der Waals surface area contributed by atoms with Crippen LogP contribution in [0.5, 0.6) is 5.75 Å². The number of rotatable bonds is 6. The van der Waals surface area contributed by atoms with E-state index in [1.807, 2.05) is 0 Å². The number of benzene rings is 2. The molecule has 0 saturated carbocycles. The number of hydrogen-bond donors (Lipinski definition) is 0. The van der Waals surface area contributed by atoms with E-state index >= 15 is 0 Å². The van der Waals surface area contributed by atoms with Gasteiger partial charge in [0.15, 0.2) is 0 Å². The van der Waals surface area contributed by atoms with E-state index in [9.17, 15) is 19.7 Å². The average Bonchev–Trinajstić information content (AvgIpc) is 2.95. The van der Waals surface area contributed by atoms with E-state index in [0.717, 1.165) is 27.8 Å². The summed E-state index contributed by atoms with van der Waals surface area (Å²) in [6.45, 7) is 0.222. The summed E-state index contributed by atoms with van der Waals surface area (Å²) in [6, 6.07) is 13.1. The van der Waals surface area contributed by atoms with Crippen LogP contribution in [-0.2, 0) is 11.4 Å². The Morgan fingerprint density at radius 2 is 1.82 bits per heavy atom. The first-order valence-corrected chi connectivity index (χ1v) is 8.94. The molecule has 2 aromatic rings. The van der Waals surface area contributed by atoms with Crippen LogP contribution in [-0.4, -0.2) is 27.5 Å². The maximum atomic E-state index is 12.2. The van der Waals surface area contributed by atoms with Crippen molar-refractivity contribution in [3.63, 3.8) is 0 Å². The number of terminal acetylenes is 1. The molecule has 1 fully saturated rings. The molecule has 2 amide bonds. The fraction of sp³-hybridized carbons (Fsp3) is 0.100. The van der Waals surface area contributed by atoms with Crippen LogP contribution >= 0.6 is 11.8 Å². The van der Waals surface area contributed by atoms with Crippen LogP contribution in [0.2, 0.25) is 0 Å². The van der Waals surface area contributed by atoms with Gasteiger partial charge >= 0.3 is 0 Å². The Labute approximate surface area is 165 Å². The molecule has 0 spiro atoms. The first-order chi connectivity index (χ1) is 13.5. The van der Waals surface area contributed by atoms with Crippen molar-refractivity contribution < 1.29 is 19.2 Å². The van der Waals surface area contributed by atoms with E-state index in [4.69, 9.17) is 11.2 Å². The van der Waals surface area contributed by atoms with Gasteiger partial charge in [0.2, 0.25) is 0 Å². The lowest BCUT2D eigenvalue weighted by atomic mass is 10.2. The molecule has 0 unspecified atom stereocenters. The van der Waals surface area contributed by atoms with Crippen molar-refractivity contribution in [2.24, 2.45) is 0 Å². The van der Waals surface area contributed by atoms with Gasteiger partial charge in [-0.2, -0.15) is 0 Å². The van der Waals surface area contributed by atoms with Crippen molar-refractivity contribution >= 4 is 34.7 Å². The molecule has 0 bridgehead atoms. The van der Waals surface area contributed by atoms with Crippen LogP contribution in [0.15, 0.2) is 53.4 Å². The molecule has 1 aliphatic heterocycles. The summed E-state index contributed by atoms with van der Waals surface area (Å²) in [5.41, 5.74) is 1.57. The molecule has 28 heavy (non-hydrogen) atoms. The number of non-ortho nitro benzene ring substituents is 1. The van der Waals surface area contributed by atoms with Crippen molar-refractivity contribution in [3.05, 3.63) is 74.7 Å². The Bertz CT molecular complexity index is 991. The molecule has 1 saturated heterocycles. The highest BCUT2D eigenvalue weighted by Gasteiger charge is 2.34. The van der Waals surface area contributed by atoms with Crippen LogP contribution in [0.1, 0.15) is 11.1 Å². The van der Waals surface area contributed by atoms with Gasteiger partial charge in [-0.3, -0.25) is 24.6 Å². The van der Waals surface area contributed by atoms with Gasteiger partial charge in [-0.25, -0.2) is 0 Å². The van der Waals surface area contributed by atoms with Crippen LogP contribution in [0.4, 0.5) is 10.5 Å². The van der Waals surface area contributed by atoms with Crippen molar-refractivity contribution in [2.45, 2.75) is 6.61 Å². The number of nitro benzene ring substituents is 1. The third-order valence-corrected chi connectivity index (χ3v) is 4.76. The van der Waals surface area contributed by atoms with E-state index in [1.54, 1.807) is 42.5 Å². The molecule has 2 aromatic carbocycles. The van der Waals surface area contributed by atoms with Crippen LogP contribution in [0, 0.1) is 22.5 Å². The topological polar surface area (TPSA) is 89.8 Å². The van der Waals surface area contributed by atoms with E-state index in [-0.39, 0.29) is 24.1 Å². The average molecular weight is 394 g/mol. The summed E-state index contributed by atoms with van der Waals surface area (Å²) in [4.78, 5) is 35.5. The number of amides is 2. The van der Waals surface area contributed by atoms with Gasteiger partial charge in [-0.15, -0.1) is 6.42 Å². The molecule has 7 nitrogen and oxygen atoms in total. The number of hydrogen-bond acceptors (Lipinski definition) is 6. The number of thioether (sulfide) groups is 1. The van der Waals surface area contributed by atoms with Gasteiger partial charge in [-0.1, -0.05) is 18.1 Å². The predicted octanol–water partition coefficient (Wildman–Crippen LogP) is 3.84. The molecule has 0 aromatic heterocycles. The number of imide groups is 1. The molecule has 140 valence electrons. The van der Waals surface area contributed by atoms with Crippen LogP contribution in [0.3, 0.4) is 0 Å². The molecular weight excluding hydrogens is 380 g/mol. The number of carbonyl (C=O) groups excluding carboxylic acids is 2. The zero-order valence-corrected chi connectivity index (χ0v) is 15.3. The minimum Gasteiger partial charge on any atom is -0.489 e. The van der Waals surface area contributed by atoms with Gasteiger partial charge in [0.1, 0.15) is 12.4 Å². The van der Waals surface area contributed by atoms with Gasteiger partial charge in [-0.05, 0) is 53.2 Å². The number of carbonyl (C=O) groups is 2. The van der Waals surface area contributed by atoms with E-state index < -0.39 is 10.8 Å². The third-order valence-electron chi connectivity index (χ3n) is 3.85. The molecule has 0 N–H and O–H groups in total.